The van der Waals surface area contributed by atoms with Crippen LogP contribution in [0.25, 0.3) is 0 Å². The SMILES string of the molecule is O=C(O)CC#Cc1ccc(C(=O)O)c(C(F)(F)F)c1. The normalized spacial score (nSPS) is 10.5. The maximum atomic E-state index is 12.6. The maximum Gasteiger partial charge on any atom is 0.417 e. The van der Waals surface area contributed by atoms with E-state index in [0.29, 0.717) is 6.07 Å². The van der Waals surface area contributed by atoms with Crippen molar-refractivity contribution in [1.82, 2.24) is 0 Å². The zero-order chi connectivity index (χ0) is 14.6. The van der Waals surface area contributed by atoms with Gasteiger partial charge in [0.1, 0.15) is 6.42 Å². The van der Waals surface area contributed by atoms with Gasteiger partial charge in [-0.2, -0.15) is 13.2 Å². The second-order valence-corrected chi connectivity index (χ2v) is 3.44. The van der Waals surface area contributed by atoms with E-state index < -0.39 is 35.7 Å². The topological polar surface area (TPSA) is 74.6 Å². The summed E-state index contributed by atoms with van der Waals surface area (Å²) in [5, 5.41) is 17.0. The number of rotatable bonds is 2. The highest BCUT2D eigenvalue weighted by atomic mass is 19.4. The molecule has 0 saturated carbocycles. The molecule has 0 radical (unpaired) electrons. The minimum Gasteiger partial charge on any atom is -0.481 e. The number of carboxylic acid groups (broad SMARTS) is 2. The molecule has 0 heterocycles. The van der Waals surface area contributed by atoms with Crippen molar-refractivity contribution in [3.63, 3.8) is 0 Å². The monoisotopic (exact) mass is 272 g/mol. The van der Waals surface area contributed by atoms with Gasteiger partial charge in [-0.1, -0.05) is 11.8 Å². The minimum atomic E-state index is -4.82. The maximum absolute atomic E-state index is 12.6. The van der Waals surface area contributed by atoms with Crippen LogP contribution >= 0.6 is 0 Å². The molecule has 0 atom stereocenters. The predicted molar refractivity (Wildman–Crippen MR) is 57.5 cm³/mol. The molecule has 7 heteroatoms. The van der Waals surface area contributed by atoms with Gasteiger partial charge in [0.05, 0.1) is 11.1 Å². The summed E-state index contributed by atoms with van der Waals surface area (Å²) in [5.41, 5.74) is -2.29. The van der Waals surface area contributed by atoms with Crippen LogP contribution in [0.2, 0.25) is 0 Å². The van der Waals surface area contributed by atoms with Crippen molar-refractivity contribution >= 4 is 11.9 Å². The zero-order valence-electron chi connectivity index (χ0n) is 9.28. The van der Waals surface area contributed by atoms with E-state index in [1.54, 1.807) is 0 Å². The Bertz CT molecular complexity index is 579. The lowest BCUT2D eigenvalue weighted by Crippen LogP contribution is -2.13. The van der Waals surface area contributed by atoms with Gasteiger partial charge < -0.3 is 10.2 Å². The van der Waals surface area contributed by atoms with E-state index in [1.807, 2.05) is 0 Å². The van der Waals surface area contributed by atoms with E-state index in [0.717, 1.165) is 12.1 Å². The van der Waals surface area contributed by atoms with Crippen LogP contribution in [-0.2, 0) is 11.0 Å². The molecule has 0 fully saturated rings. The average molecular weight is 272 g/mol. The standard InChI is InChI=1S/C12H7F3O4/c13-12(14,15)9-6-7(2-1-3-10(16)17)4-5-8(9)11(18)19/h4-6H,3H2,(H,16,17)(H,18,19). The van der Waals surface area contributed by atoms with Crippen LogP contribution in [0.3, 0.4) is 0 Å². The third-order valence-electron chi connectivity index (χ3n) is 2.03. The van der Waals surface area contributed by atoms with Crippen LogP contribution < -0.4 is 0 Å². The summed E-state index contributed by atoms with van der Waals surface area (Å²) >= 11 is 0. The zero-order valence-corrected chi connectivity index (χ0v) is 9.28. The Morgan fingerprint density at radius 1 is 1.21 bits per heavy atom. The van der Waals surface area contributed by atoms with E-state index in [9.17, 15) is 22.8 Å². The van der Waals surface area contributed by atoms with Crippen LogP contribution in [0, 0.1) is 11.8 Å². The molecular formula is C12H7F3O4. The first-order valence-electron chi connectivity index (χ1n) is 4.87. The fraction of sp³-hybridized carbons (Fsp3) is 0.167. The summed E-state index contributed by atoms with van der Waals surface area (Å²) < 4.78 is 37.9. The first-order valence-corrected chi connectivity index (χ1v) is 4.87. The molecule has 100 valence electrons. The van der Waals surface area contributed by atoms with E-state index in [4.69, 9.17) is 10.2 Å². The second-order valence-electron chi connectivity index (χ2n) is 3.44. The van der Waals surface area contributed by atoms with Crippen LogP contribution in [0.4, 0.5) is 13.2 Å². The number of hydrogen-bond acceptors (Lipinski definition) is 2. The lowest BCUT2D eigenvalue weighted by atomic mass is 10.0. The molecule has 1 aromatic carbocycles. The van der Waals surface area contributed by atoms with Crippen molar-refractivity contribution in [3.05, 3.63) is 34.9 Å². The van der Waals surface area contributed by atoms with Gasteiger partial charge in [-0.3, -0.25) is 4.79 Å². The molecule has 0 bridgehead atoms. The van der Waals surface area contributed by atoms with Gasteiger partial charge in [-0.25, -0.2) is 4.79 Å². The molecule has 0 saturated heterocycles. The smallest absolute Gasteiger partial charge is 0.417 e. The average Bonchev–Trinajstić information content (AvgIpc) is 2.27. The summed E-state index contributed by atoms with van der Waals surface area (Å²) in [6.07, 6.45) is -5.33. The molecule has 0 aromatic heterocycles. The number of carbonyl (C=O) groups is 2. The van der Waals surface area contributed by atoms with Crippen LogP contribution in [-0.4, -0.2) is 22.2 Å². The molecular weight excluding hydrogens is 265 g/mol. The van der Waals surface area contributed by atoms with Crippen LogP contribution in [0.15, 0.2) is 18.2 Å². The van der Waals surface area contributed by atoms with Gasteiger partial charge in [0, 0.05) is 5.56 Å². The molecule has 19 heavy (non-hydrogen) atoms. The predicted octanol–water partition coefficient (Wildman–Crippen LogP) is 2.23. The third-order valence-corrected chi connectivity index (χ3v) is 2.03. The van der Waals surface area contributed by atoms with Gasteiger partial charge in [-0.05, 0) is 18.2 Å². The molecule has 0 spiro atoms. The number of alkyl halides is 3. The van der Waals surface area contributed by atoms with Gasteiger partial charge in [-0.15, -0.1) is 0 Å². The Morgan fingerprint density at radius 3 is 2.32 bits per heavy atom. The molecule has 1 rings (SSSR count). The Balaban J connectivity index is 3.22. The molecule has 2 N–H and O–H groups in total. The molecule has 0 aliphatic carbocycles. The Kier molecular flexibility index (Phi) is 4.17. The number of halogens is 3. The quantitative estimate of drug-likeness (QED) is 0.809. The molecule has 0 aliphatic rings. The lowest BCUT2D eigenvalue weighted by molar-refractivity contribution is -0.138. The van der Waals surface area contributed by atoms with Crippen LogP contribution in [0.5, 0.6) is 0 Å². The van der Waals surface area contributed by atoms with Gasteiger partial charge in [0.15, 0.2) is 0 Å². The fourth-order valence-electron chi connectivity index (χ4n) is 1.26. The van der Waals surface area contributed by atoms with Crippen LogP contribution in [0.1, 0.15) is 27.9 Å². The van der Waals surface area contributed by atoms with Gasteiger partial charge in [0.2, 0.25) is 0 Å². The Labute approximate surface area is 105 Å². The highest BCUT2D eigenvalue weighted by molar-refractivity contribution is 5.89. The second kappa shape index (κ2) is 5.44. The summed E-state index contributed by atoms with van der Waals surface area (Å²) in [4.78, 5) is 20.9. The molecule has 0 amide bonds. The van der Waals surface area contributed by atoms with Crippen molar-refractivity contribution in [2.45, 2.75) is 12.6 Å². The lowest BCUT2D eigenvalue weighted by Gasteiger charge is -2.10. The van der Waals surface area contributed by atoms with Crippen molar-refractivity contribution in [2.24, 2.45) is 0 Å². The highest BCUT2D eigenvalue weighted by Crippen LogP contribution is 2.32. The number of aliphatic carboxylic acids is 1. The largest absolute Gasteiger partial charge is 0.481 e. The molecule has 0 unspecified atom stereocenters. The van der Waals surface area contributed by atoms with E-state index in [1.165, 1.54) is 0 Å². The summed E-state index contributed by atoms with van der Waals surface area (Å²) in [6, 6.07) is 2.46. The van der Waals surface area contributed by atoms with Crippen molar-refractivity contribution in [1.29, 1.82) is 0 Å². The summed E-state index contributed by atoms with van der Waals surface area (Å²) in [5.74, 6) is 1.50. The first kappa shape index (κ1) is 14.6. The number of carboxylic acids is 2. The molecule has 1 aromatic rings. The first-order chi connectivity index (χ1) is 8.71. The number of aromatic carboxylic acids is 1. The van der Waals surface area contributed by atoms with Crippen molar-refractivity contribution in [2.75, 3.05) is 0 Å². The Morgan fingerprint density at radius 2 is 1.84 bits per heavy atom. The number of hydrogen-bond donors (Lipinski definition) is 2. The van der Waals surface area contributed by atoms with E-state index in [2.05, 4.69) is 11.8 Å². The molecule has 4 nitrogen and oxygen atoms in total. The Hall–Kier alpha value is -2.49. The van der Waals surface area contributed by atoms with E-state index >= 15 is 0 Å². The van der Waals surface area contributed by atoms with E-state index in [-0.39, 0.29) is 5.56 Å². The van der Waals surface area contributed by atoms with Gasteiger partial charge in [0.25, 0.3) is 0 Å². The molecule has 0 aliphatic heterocycles. The van der Waals surface area contributed by atoms with Gasteiger partial charge >= 0.3 is 18.1 Å². The third kappa shape index (κ3) is 4.03. The highest BCUT2D eigenvalue weighted by Gasteiger charge is 2.35. The summed E-state index contributed by atoms with van der Waals surface area (Å²) in [6.45, 7) is 0. The number of benzene rings is 1. The summed E-state index contributed by atoms with van der Waals surface area (Å²) in [7, 11) is 0. The fourth-order valence-corrected chi connectivity index (χ4v) is 1.26. The van der Waals surface area contributed by atoms with Crippen molar-refractivity contribution in [3.8, 4) is 11.8 Å². The minimum absolute atomic E-state index is 0.0985. The van der Waals surface area contributed by atoms with Crippen molar-refractivity contribution < 1.29 is 33.0 Å².